The molecule has 0 aromatic carbocycles. The van der Waals surface area contributed by atoms with Gasteiger partial charge in [0.1, 0.15) is 6.10 Å². The molecule has 0 aromatic heterocycles. The number of hydrogen-bond acceptors (Lipinski definition) is 2. The Morgan fingerprint density at radius 2 is 2.30 bits per heavy atom. The van der Waals surface area contributed by atoms with E-state index in [1.165, 1.54) is 5.57 Å². The second-order valence-electron chi connectivity index (χ2n) is 3.04. The molecule has 0 radical (unpaired) electrons. The number of carbonyl (C=O) groups excluding carboxylic acids is 1. The Morgan fingerprint density at radius 1 is 1.60 bits per heavy atom. The molecule has 1 aliphatic carbocycles. The van der Waals surface area contributed by atoms with Crippen molar-refractivity contribution >= 4 is 5.97 Å². The SMILES string of the molecule is C=C1CC1C1CCC(=O)O1. The first-order valence-electron chi connectivity index (χ1n) is 3.64. The summed E-state index contributed by atoms with van der Waals surface area (Å²) in [6.45, 7) is 3.83. The van der Waals surface area contributed by atoms with E-state index in [0.29, 0.717) is 12.3 Å². The van der Waals surface area contributed by atoms with Crippen LogP contribution in [0.1, 0.15) is 19.3 Å². The molecule has 2 aliphatic rings. The summed E-state index contributed by atoms with van der Waals surface area (Å²) >= 11 is 0. The van der Waals surface area contributed by atoms with Gasteiger partial charge in [-0.3, -0.25) is 4.79 Å². The Morgan fingerprint density at radius 3 is 2.70 bits per heavy atom. The predicted molar refractivity (Wildman–Crippen MR) is 36.4 cm³/mol. The molecule has 1 saturated carbocycles. The van der Waals surface area contributed by atoms with Gasteiger partial charge in [0.05, 0.1) is 0 Å². The molecule has 2 atom stereocenters. The molecule has 2 nitrogen and oxygen atoms in total. The van der Waals surface area contributed by atoms with E-state index in [4.69, 9.17) is 4.74 Å². The van der Waals surface area contributed by atoms with E-state index in [9.17, 15) is 4.79 Å². The van der Waals surface area contributed by atoms with Gasteiger partial charge in [0.15, 0.2) is 0 Å². The molecule has 0 aromatic rings. The number of rotatable bonds is 1. The van der Waals surface area contributed by atoms with Gasteiger partial charge in [-0.2, -0.15) is 0 Å². The topological polar surface area (TPSA) is 26.3 Å². The fourth-order valence-electron chi connectivity index (χ4n) is 1.45. The standard InChI is InChI=1S/C8H10O2/c1-5-4-6(5)7-2-3-8(9)10-7/h6-7H,1-4H2. The first-order valence-corrected chi connectivity index (χ1v) is 3.64. The summed E-state index contributed by atoms with van der Waals surface area (Å²) in [4.78, 5) is 10.6. The second-order valence-corrected chi connectivity index (χ2v) is 3.04. The summed E-state index contributed by atoms with van der Waals surface area (Å²) in [6, 6.07) is 0. The first-order chi connectivity index (χ1) is 4.77. The third-order valence-corrected chi connectivity index (χ3v) is 2.21. The van der Waals surface area contributed by atoms with Gasteiger partial charge in [0, 0.05) is 12.3 Å². The third-order valence-electron chi connectivity index (χ3n) is 2.21. The fourth-order valence-corrected chi connectivity index (χ4v) is 1.45. The predicted octanol–water partition coefficient (Wildman–Crippen LogP) is 1.27. The summed E-state index contributed by atoms with van der Waals surface area (Å²) in [7, 11) is 0. The summed E-state index contributed by atoms with van der Waals surface area (Å²) in [5.74, 6) is 0.469. The van der Waals surface area contributed by atoms with Gasteiger partial charge in [0.2, 0.25) is 0 Å². The Hall–Kier alpha value is -0.790. The highest BCUT2D eigenvalue weighted by molar-refractivity contribution is 5.71. The molecule has 2 fully saturated rings. The highest BCUT2D eigenvalue weighted by Gasteiger charge is 2.40. The van der Waals surface area contributed by atoms with Crippen molar-refractivity contribution in [2.45, 2.75) is 25.4 Å². The Balaban J connectivity index is 1.96. The molecule has 1 heterocycles. The quantitative estimate of drug-likeness (QED) is 0.403. The van der Waals surface area contributed by atoms with Crippen LogP contribution in [0.3, 0.4) is 0 Å². The van der Waals surface area contributed by atoms with Crippen LogP contribution in [0, 0.1) is 5.92 Å². The highest BCUT2D eigenvalue weighted by Crippen LogP contribution is 2.43. The Bertz CT molecular complexity index is 195. The van der Waals surface area contributed by atoms with Crippen molar-refractivity contribution in [1.82, 2.24) is 0 Å². The molecule has 0 N–H and O–H groups in total. The van der Waals surface area contributed by atoms with Crippen LogP contribution in [0.2, 0.25) is 0 Å². The molecule has 1 aliphatic heterocycles. The maximum atomic E-state index is 10.6. The molecule has 0 bridgehead atoms. The molecule has 0 amide bonds. The van der Waals surface area contributed by atoms with E-state index in [1.807, 2.05) is 0 Å². The van der Waals surface area contributed by atoms with Crippen molar-refractivity contribution in [2.24, 2.45) is 5.92 Å². The largest absolute Gasteiger partial charge is 0.462 e. The van der Waals surface area contributed by atoms with Gasteiger partial charge in [-0.1, -0.05) is 12.2 Å². The van der Waals surface area contributed by atoms with Gasteiger partial charge >= 0.3 is 5.97 Å². The van der Waals surface area contributed by atoms with Gasteiger partial charge in [-0.25, -0.2) is 0 Å². The number of ether oxygens (including phenoxy) is 1. The minimum Gasteiger partial charge on any atom is -0.462 e. The smallest absolute Gasteiger partial charge is 0.306 e. The average molecular weight is 138 g/mol. The van der Waals surface area contributed by atoms with E-state index >= 15 is 0 Å². The molecule has 2 unspecified atom stereocenters. The Labute approximate surface area is 59.9 Å². The van der Waals surface area contributed by atoms with Crippen LogP contribution in [0.4, 0.5) is 0 Å². The van der Waals surface area contributed by atoms with Gasteiger partial charge < -0.3 is 4.74 Å². The molecule has 0 spiro atoms. The van der Waals surface area contributed by atoms with E-state index in [0.717, 1.165) is 12.8 Å². The van der Waals surface area contributed by atoms with E-state index < -0.39 is 0 Å². The molecule has 2 rings (SSSR count). The number of esters is 1. The minimum atomic E-state index is -0.0373. The first kappa shape index (κ1) is 5.96. The van der Waals surface area contributed by atoms with E-state index in [2.05, 4.69) is 6.58 Å². The zero-order chi connectivity index (χ0) is 7.14. The second kappa shape index (κ2) is 1.84. The lowest BCUT2D eigenvalue weighted by atomic mass is 10.1. The third kappa shape index (κ3) is 0.838. The van der Waals surface area contributed by atoms with Crippen molar-refractivity contribution in [3.8, 4) is 0 Å². The summed E-state index contributed by atoms with van der Waals surface area (Å²) in [6.07, 6.45) is 2.76. The van der Waals surface area contributed by atoms with Crippen LogP contribution in [-0.4, -0.2) is 12.1 Å². The molecule has 54 valence electrons. The lowest BCUT2D eigenvalue weighted by Crippen LogP contribution is -2.08. The zero-order valence-corrected chi connectivity index (χ0v) is 5.80. The monoisotopic (exact) mass is 138 g/mol. The van der Waals surface area contributed by atoms with Gasteiger partial charge in [-0.15, -0.1) is 0 Å². The van der Waals surface area contributed by atoms with E-state index in [-0.39, 0.29) is 12.1 Å². The lowest BCUT2D eigenvalue weighted by Gasteiger charge is -2.04. The van der Waals surface area contributed by atoms with Crippen molar-refractivity contribution in [2.75, 3.05) is 0 Å². The maximum absolute atomic E-state index is 10.6. The fraction of sp³-hybridized carbons (Fsp3) is 0.625. The van der Waals surface area contributed by atoms with Crippen molar-refractivity contribution < 1.29 is 9.53 Å². The van der Waals surface area contributed by atoms with Crippen LogP contribution in [0.5, 0.6) is 0 Å². The number of carbonyl (C=O) groups is 1. The number of cyclic esters (lactones) is 1. The highest BCUT2D eigenvalue weighted by atomic mass is 16.5. The van der Waals surface area contributed by atoms with Gasteiger partial charge in [-0.05, 0) is 12.8 Å². The molecule has 1 saturated heterocycles. The summed E-state index contributed by atoms with van der Waals surface area (Å²) < 4.78 is 5.06. The Kier molecular flexibility index (Phi) is 1.10. The van der Waals surface area contributed by atoms with Crippen LogP contribution < -0.4 is 0 Å². The van der Waals surface area contributed by atoms with Crippen molar-refractivity contribution in [3.05, 3.63) is 12.2 Å². The van der Waals surface area contributed by atoms with Crippen molar-refractivity contribution in [1.29, 1.82) is 0 Å². The van der Waals surface area contributed by atoms with Crippen molar-refractivity contribution in [3.63, 3.8) is 0 Å². The molecular weight excluding hydrogens is 128 g/mol. The van der Waals surface area contributed by atoms with Crippen LogP contribution >= 0.6 is 0 Å². The van der Waals surface area contributed by atoms with Crippen LogP contribution in [0.15, 0.2) is 12.2 Å². The zero-order valence-electron chi connectivity index (χ0n) is 5.80. The summed E-state index contributed by atoms with van der Waals surface area (Å²) in [5.41, 5.74) is 1.25. The molecular formula is C8H10O2. The molecule has 10 heavy (non-hydrogen) atoms. The minimum absolute atomic E-state index is 0.0373. The van der Waals surface area contributed by atoms with Crippen LogP contribution in [-0.2, 0) is 9.53 Å². The molecule has 2 heteroatoms. The van der Waals surface area contributed by atoms with Crippen LogP contribution in [0.25, 0.3) is 0 Å². The maximum Gasteiger partial charge on any atom is 0.306 e. The van der Waals surface area contributed by atoms with E-state index in [1.54, 1.807) is 0 Å². The summed E-state index contributed by atoms with van der Waals surface area (Å²) in [5, 5.41) is 0. The number of hydrogen-bond donors (Lipinski definition) is 0. The average Bonchev–Trinajstić information content (AvgIpc) is 2.42. The normalized spacial score (nSPS) is 38.0. The van der Waals surface area contributed by atoms with Gasteiger partial charge in [0.25, 0.3) is 0 Å². The lowest BCUT2D eigenvalue weighted by molar-refractivity contribution is -0.141.